The molecule has 2 heterocycles. The van der Waals surface area contributed by atoms with Crippen molar-refractivity contribution in [1.82, 2.24) is 15.6 Å². The van der Waals surface area contributed by atoms with Crippen molar-refractivity contribution in [1.29, 1.82) is 0 Å². The molecule has 27 heavy (non-hydrogen) atoms. The number of thiophene rings is 1. The molecule has 0 bridgehead atoms. The van der Waals surface area contributed by atoms with Crippen LogP contribution in [-0.4, -0.2) is 35.0 Å². The molecule has 0 aliphatic heterocycles. The standard InChI is InChI=1S/C18H21N3O4S2/c1-11(16(23)21-18(24)20-12-5-2-3-6-12)25-15(22)9-13-10-27-17(19-13)14-7-4-8-26-14/h4,7-8,10-12H,2-3,5-6,9H2,1H3,(H2,20,21,23,24)/t11-/m0/s1. The minimum atomic E-state index is -1.05. The Morgan fingerprint density at radius 2 is 2.07 bits per heavy atom. The van der Waals surface area contributed by atoms with Crippen LogP contribution in [0.5, 0.6) is 0 Å². The summed E-state index contributed by atoms with van der Waals surface area (Å²) in [6.07, 6.45) is 2.94. The van der Waals surface area contributed by atoms with Gasteiger partial charge in [-0.3, -0.25) is 14.9 Å². The van der Waals surface area contributed by atoms with Crippen molar-refractivity contribution in [2.24, 2.45) is 0 Å². The quantitative estimate of drug-likeness (QED) is 0.717. The molecule has 144 valence electrons. The van der Waals surface area contributed by atoms with Crippen molar-refractivity contribution in [3.8, 4) is 9.88 Å². The molecule has 3 amide bonds. The lowest BCUT2D eigenvalue weighted by Gasteiger charge is -2.15. The molecule has 0 unspecified atom stereocenters. The highest BCUT2D eigenvalue weighted by Crippen LogP contribution is 2.28. The average molecular weight is 408 g/mol. The second-order valence-corrected chi connectivity index (χ2v) is 8.18. The van der Waals surface area contributed by atoms with E-state index < -0.39 is 24.0 Å². The maximum atomic E-state index is 12.1. The number of rotatable bonds is 6. The van der Waals surface area contributed by atoms with Crippen LogP contribution in [0.3, 0.4) is 0 Å². The van der Waals surface area contributed by atoms with Gasteiger partial charge in [-0.1, -0.05) is 18.9 Å². The molecule has 1 fully saturated rings. The minimum Gasteiger partial charge on any atom is -0.452 e. The first-order valence-corrected chi connectivity index (χ1v) is 10.6. The van der Waals surface area contributed by atoms with Crippen molar-refractivity contribution < 1.29 is 19.1 Å². The van der Waals surface area contributed by atoms with E-state index in [0.717, 1.165) is 35.6 Å². The van der Waals surface area contributed by atoms with Gasteiger partial charge in [0, 0.05) is 11.4 Å². The van der Waals surface area contributed by atoms with Gasteiger partial charge in [-0.05, 0) is 31.2 Å². The van der Waals surface area contributed by atoms with Gasteiger partial charge in [0.1, 0.15) is 5.01 Å². The number of aromatic nitrogens is 1. The zero-order valence-corrected chi connectivity index (χ0v) is 16.5. The van der Waals surface area contributed by atoms with Crippen LogP contribution in [0.15, 0.2) is 22.9 Å². The van der Waals surface area contributed by atoms with Crippen molar-refractivity contribution in [2.45, 2.75) is 51.2 Å². The zero-order valence-electron chi connectivity index (χ0n) is 14.9. The molecule has 3 rings (SSSR count). The molecule has 1 atom stereocenters. The van der Waals surface area contributed by atoms with E-state index in [2.05, 4.69) is 15.6 Å². The van der Waals surface area contributed by atoms with Crippen LogP contribution in [0.25, 0.3) is 9.88 Å². The third kappa shape index (κ3) is 5.61. The predicted octanol–water partition coefficient (Wildman–Crippen LogP) is 3.11. The monoisotopic (exact) mass is 407 g/mol. The van der Waals surface area contributed by atoms with Gasteiger partial charge in [0.05, 0.1) is 17.0 Å². The second-order valence-electron chi connectivity index (χ2n) is 6.37. The van der Waals surface area contributed by atoms with Crippen LogP contribution in [0, 0.1) is 0 Å². The van der Waals surface area contributed by atoms with Crippen molar-refractivity contribution >= 4 is 40.6 Å². The topological polar surface area (TPSA) is 97.4 Å². The molecule has 1 aliphatic carbocycles. The van der Waals surface area contributed by atoms with Gasteiger partial charge in [-0.25, -0.2) is 9.78 Å². The summed E-state index contributed by atoms with van der Waals surface area (Å²) in [4.78, 5) is 41.3. The Morgan fingerprint density at radius 1 is 1.30 bits per heavy atom. The van der Waals surface area contributed by atoms with Gasteiger partial charge in [-0.15, -0.1) is 22.7 Å². The maximum absolute atomic E-state index is 12.1. The number of thiazole rings is 1. The lowest BCUT2D eigenvalue weighted by atomic mass is 10.2. The van der Waals surface area contributed by atoms with E-state index in [4.69, 9.17) is 4.74 Å². The summed E-state index contributed by atoms with van der Waals surface area (Å²) in [7, 11) is 0. The number of ether oxygens (including phenoxy) is 1. The number of hydrogen-bond acceptors (Lipinski definition) is 7. The van der Waals surface area contributed by atoms with Gasteiger partial charge in [0.15, 0.2) is 6.10 Å². The molecule has 0 saturated heterocycles. The molecule has 0 spiro atoms. The largest absolute Gasteiger partial charge is 0.452 e. The van der Waals surface area contributed by atoms with E-state index >= 15 is 0 Å². The number of nitrogens with zero attached hydrogens (tertiary/aromatic N) is 1. The SMILES string of the molecule is C[C@H](OC(=O)Cc1csc(-c2cccs2)n1)C(=O)NC(=O)NC1CCCC1. The molecule has 2 N–H and O–H groups in total. The molecular formula is C18H21N3O4S2. The van der Waals surface area contributed by atoms with Crippen LogP contribution >= 0.6 is 22.7 Å². The Balaban J connectivity index is 1.44. The van der Waals surface area contributed by atoms with Gasteiger partial charge < -0.3 is 10.1 Å². The van der Waals surface area contributed by atoms with Crippen LogP contribution in [0.4, 0.5) is 4.79 Å². The highest BCUT2D eigenvalue weighted by Gasteiger charge is 2.23. The average Bonchev–Trinajstić information content (AvgIpc) is 3.36. The molecule has 1 saturated carbocycles. The van der Waals surface area contributed by atoms with Crippen LogP contribution in [-0.2, 0) is 20.7 Å². The van der Waals surface area contributed by atoms with E-state index in [1.165, 1.54) is 18.3 Å². The summed E-state index contributed by atoms with van der Waals surface area (Å²) in [6, 6.07) is 3.47. The molecule has 0 radical (unpaired) electrons. The first-order chi connectivity index (χ1) is 13.0. The van der Waals surface area contributed by atoms with Gasteiger partial charge in [-0.2, -0.15) is 0 Å². The molecule has 2 aromatic heterocycles. The van der Waals surface area contributed by atoms with E-state index in [0.29, 0.717) is 5.69 Å². The summed E-state index contributed by atoms with van der Waals surface area (Å²) >= 11 is 3.04. The van der Waals surface area contributed by atoms with E-state index in [-0.39, 0.29) is 12.5 Å². The Labute approximate surface area is 165 Å². The van der Waals surface area contributed by atoms with Crippen LogP contribution < -0.4 is 10.6 Å². The van der Waals surface area contributed by atoms with Crippen molar-refractivity contribution in [2.75, 3.05) is 0 Å². The zero-order chi connectivity index (χ0) is 19.2. The Bertz CT molecular complexity index is 797. The summed E-state index contributed by atoms with van der Waals surface area (Å²) in [5, 5.41) is 9.59. The molecule has 7 nitrogen and oxygen atoms in total. The Kier molecular flexibility index (Phi) is 6.57. The third-order valence-electron chi connectivity index (χ3n) is 4.21. The van der Waals surface area contributed by atoms with E-state index in [9.17, 15) is 14.4 Å². The number of hydrogen-bond donors (Lipinski definition) is 2. The van der Waals surface area contributed by atoms with E-state index in [1.807, 2.05) is 17.5 Å². The first-order valence-electron chi connectivity index (χ1n) is 8.80. The highest BCUT2D eigenvalue weighted by molar-refractivity contribution is 7.20. The minimum absolute atomic E-state index is 0.0201. The van der Waals surface area contributed by atoms with Gasteiger partial charge >= 0.3 is 12.0 Å². The summed E-state index contributed by atoms with van der Waals surface area (Å²) < 4.78 is 5.12. The number of nitrogens with one attached hydrogen (secondary N) is 2. The summed E-state index contributed by atoms with van der Waals surface area (Å²) in [5.74, 6) is -1.20. The van der Waals surface area contributed by atoms with E-state index in [1.54, 1.807) is 16.7 Å². The molecule has 9 heteroatoms. The predicted molar refractivity (Wildman–Crippen MR) is 104 cm³/mol. The number of carbonyl (C=O) groups excluding carboxylic acids is 3. The molecule has 2 aromatic rings. The molecular weight excluding hydrogens is 386 g/mol. The number of amides is 3. The lowest BCUT2D eigenvalue weighted by molar-refractivity contribution is -0.153. The number of imide groups is 1. The molecule has 0 aromatic carbocycles. The van der Waals surface area contributed by atoms with Crippen LogP contribution in [0.2, 0.25) is 0 Å². The molecule has 1 aliphatic rings. The highest BCUT2D eigenvalue weighted by atomic mass is 32.1. The number of esters is 1. The van der Waals surface area contributed by atoms with Crippen LogP contribution in [0.1, 0.15) is 38.3 Å². The fraction of sp³-hybridized carbons (Fsp3) is 0.444. The number of carbonyl (C=O) groups is 3. The third-order valence-corrected chi connectivity index (χ3v) is 6.14. The summed E-state index contributed by atoms with van der Waals surface area (Å²) in [5.41, 5.74) is 0.597. The van der Waals surface area contributed by atoms with Crippen molar-refractivity contribution in [3.63, 3.8) is 0 Å². The first kappa shape index (κ1) is 19.5. The normalized spacial score (nSPS) is 15.3. The van der Waals surface area contributed by atoms with Gasteiger partial charge in [0.2, 0.25) is 0 Å². The Morgan fingerprint density at radius 3 is 2.78 bits per heavy atom. The number of urea groups is 1. The second kappa shape index (κ2) is 9.09. The maximum Gasteiger partial charge on any atom is 0.321 e. The lowest BCUT2D eigenvalue weighted by Crippen LogP contribution is -2.47. The van der Waals surface area contributed by atoms with Gasteiger partial charge in [0.25, 0.3) is 5.91 Å². The smallest absolute Gasteiger partial charge is 0.321 e. The fourth-order valence-corrected chi connectivity index (χ4v) is 4.48. The fourth-order valence-electron chi connectivity index (χ4n) is 2.85. The van der Waals surface area contributed by atoms with Crippen molar-refractivity contribution in [3.05, 3.63) is 28.6 Å². The Hall–Kier alpha value is -2.26. The summed E-state index contributed by atoms with van der Waals surface area (Å²) in [6.45, 7) is 1.44.